The van der Waals surface area contributed by atoms with E-state index in [1.165, 1.54) is 6.20 Å². The average molecular weight is 409 g/mol. The number of fused-ring (bicyclic) bond motifs is 1. The largest absolute Gasteiger partial charge is 0.392 e. The van der Waals surface area contributed by atoms with Crippen LogP contribution < -0.4 is 0 Å². The number of hydrogen-bond acceptors (Lipinski definition) is 6. The van der Waals surface area contributed by atoms with E-state index in [4.69, 9.17) is 16.3 Å². The molecular weight excluding hydrogens is 394 g/mol. The van der Waals surface area contributed by atoms with E-state index in [9.17, 15) is 25.5 Å². The number of aromatic nitrogens is 1. The second-order valence-electron chi connectivity index (χ2n) is 5.50. The lowest BCUT2D eigenvalue weighted by Gasteiger charge is -2.52. The Kier molecular flexibility index (Phi) is 4.02. The number of aliphatic hydroxyl groups is 5. The predicted molar refractivity (Wildman–Crippen MR) is 84.8 cm³/mol. The van der Waals surface area contributed by atoms with E-state index in [-0.39, 0.29) is 5.56 Å². The van der Waals surface area contributed by atoms with Gasteiger partial charge in [-0.25, -0.2) is 0 Å². The Labute approximate surface area is 144 Å². The van der Waals surface area contributed by atoms with E-state index in [1.54, 1.807) is 24.3 Å². The first-order valence-electron chi connectivity index (χ1n) is 6.73. The first kappa shape index (κ1) is 17.1. The van der Waals surface area contributed by atoms with Gasteiger partial charge in [-0.15, -0.1) is 0 Å². The third-order valence-corrected chi connectivity index (χ3v) is 5.89. The summed E-state index contributed by atoms with van der Waals surface area (Å²) in [6.07, 6.45) is -2.58. The number of hydrogen-bond donors (Lipinski definition) is 6. The Bertz CT molecular complexity index is 739. The molecule has 6 N–H and O–H groups in total. The maximum atomic E-state index is 10.9. The molecule has 1 saturated heterocycles. The van der Waals surface area contributed by atoms with Crippen LogP contribution in [0.2, 0.25) is 0 Å². The maximum Gasteiger partial charge on any atom is 0.225 e. The summed E-state index contributed by atoms with van der Waals surface area (Å²) in [4.78, 5) is 2.91. The monoisotopic (exact) mass is 407 g/mol. The van der Waals surface area contributed by atoms with Crippen molar-refractivity contribution in [1.82, 2.24) is 4.98 Å². The lowest BCUT2D eigenvalue weighted by Crippen LogP contribution is -2.72. The number of ether oxygens (including phenoxy) is 1. The summed E-state index contributed by atoms with van der Waals surface area (Å²) in [6.45, 7) is -0.874. The van der Waals surface area contributed by atoms with Gasteiger partial charge in [-0.3, -0.25) is 0 Å². The highest BCUT2D eigenvalue weighted by molar-refractivity contribution is 9.10. The standard InChI is InChI=1S/C14H15BrClNO6/c15-12(6-18)14(16,22)11(20)10(19)13(21,23-12)8-5-17-9-4-2-1-3-7(8)9/h1-5,10-11,17-22H,6H2/t10-,11-,12-,13-,14-/m1/s1. The molecule has 0 radical (unpaired) electrons. The average Bonchev–Trinajstić information content (AvgIpc) is 2.96. The molecular formula is C14H15BrClNO6. The summed E-state index contributed by atoms with van der Waals surface area (Å²) in [5.74, 6) is -2.42. The third kappa shape index (κ3) is 2.25. The molecule has 0 saturated carbocycles. The van der Waals surface area contributed by atoms with E-state index in [1.807, 2.05) is 0 Å². The number of rotatable bonds is 2. The Morgan fingerprint density at radius 3 is 2.52 bits per heavy atom. The zero-order valence-electron chi connectivity index (χ0n) is 11.6. The number of alkyl halides is 2. The van der Waals surface area contributed by atoms with Gasteiger partial charge < -0.3 is 35.3 Å². The highest BCUT2D eigenvalue weighted by atomic mass is 79.9. The minimum Gasteiger partial charge on any atom is -0.392 e. The Morgan fingerprint density at radius 2 is 1.87 bits per heavy atom. The zero-order chi connectivity index (χ0) is 17.0. The van der Waals surface area contributed by atoms with E-state index in [2.05, 4.69) is 20.9 Å². The van der Waals surface area contributed by atoms with Crippen molar-refractivity contribution in [3.8, 4) is 0 Å². The smallest absolute Gasteiger partial charge is 0.225 e. The molecule has 0 amide bonds. The van der Waals surface area contributed by atoms with Crippen molar-refractivity contribution in [3.05, 3.63) is 36.0 Å². The van der Waals surface area contributed by atoms with Crippen molar-refractivity contribution in [2.75, 3.05) is 6.61 Å². The van der Waals surface area contributed by atoms with Gasteiger partial charge in [0, 0.05) is 22.7 Å². The third-order valence-electron chi connectivity index (χ3n) is 4.11. The van der Waals surface area contributed by atoms with Gasteiger partial charge in [-0.05, 0) is 22.0 Å². The number of H-pyrrole nitrogens is 1. The van der Waals surface area contributed by atoms with Crippen LogP contribution >= 0.6 is 27.5 Å². The molecule has 2 heterocycles. The Hall–Kier alpha value is -0.710. The van der Waals surface area contributed by atoms with E-state index >= 15 is 0 Å². The van der Waals surface area contributed by atoms with Crippen LogP contribution in [0.1, 0.15) is 5.56 Å². The molecule has 3 rings (SSSR count). The van der Waals surface area contributed by atoms with E-state index in [0.29, 0.717) is 10.9 Å². The zero-order valence-corrected chi connectivity index (χ0v) is 14.0. The summed E-state index contributed by atoms with van der Waals surface area (Å²) < 4.78 is 3.27. The summed E-state index contributed by atoms with van der Waals surface area (Å²) in [6, 6.07) is 6.93. The molecule has 23 heavy (non-hydrogen) atoms. The predicted octanol–water partition coefficient (Wildman–Crippen LogP) is 0.0759. The van der Waals surface area contributed by atoms with Crippen LogP contribution in [0.4, 0.5) is 0 Å². The van der Waals surface area contributed by atoms with Crippen molar-refractivity contribution in [2.24, 2.45) is 0 Å². The topological polar surface area (TPSA) is 126 Å². The van der Waals surface area contributed by atoms with Crippen molar-refractivity contribution < 1.29 is 30.3 Å². The first-order chi connectivity index (χ1) is 10.7. The van der Waals surface area contributed by atoms with Gasteiger partial charge in [0.25, 0.3) is 0 Å². The lowest BCUT2D eigenvalue weighted by atomic mass is 9.87. The fraction of sp³-hybridized carbons (Fsp3) is 0.429. The number of aliphatic hydroxyl groups excluding tert-OH is 3. The Balaban J connectivity index is 2.17. The number of nitrogens with one attached hydrogen (secondary N) is 1. The normalized spacial score (nSPS) is 41.3. The molecule has 0 unspecified atom stereocenters. The lowest BCUT2D eigenvalue weighted by molar-refractivity contribution is -0.374. The summed E-state index contributed by atoms with van der Waals surface area (Å²) in [5, 5.41) is 49.0. The Morgan fingerprint density at radius 1 is 1.22 bits per heavy atom. The van der Waals surface area contributed by atoms with E-state index < -0.39 is 34.2 Å². The second kappa shape index (κ2) is 5.40. The van der Waals surface area contributed by atoms with Crippen LogP contribution in [0, 0.1) is 0 Å². The highest BCUT2D eigenvalue weighted by Crippen LogP contribution is 2.51. The van der Waals surface area contributed by atoms with Crippen molar-refractivity contribution in [3.63, 3.8) is 0 Å². The van der Waals surface area contributed by atoms with Gasteiger partial charge in [0.05, 0.1) is 6.61 Å². The molecule has 0 bridgehead atoms. The minimum absolute atomic E-state index is 0.129. The van der Waals surface area contributed by atoms with Crippen molar-refractivity contribution in [1.29, 1.82) is 0 Å². The summed E-state index contributed by atoms with van der Waals surface area (Å²) in [7, 11) is 0. The van der Waals surface area contributed by atoms with Gasteiger partial charge in [0.1, 0.15) is 12.2 Å². The second-order valence-corrected chi connectivity index (χ2v) is 7.35. The molecule has 1 aromatic heterocycles. The van der Waals surface area contributed by atoms with E-state index in [0.717, 1.165) is 0 Å². The minimum atomic E-state index is -2.57. The summed E-state index contributed by atoms with van der Waals surface area (Å²) in [5.41, 5.74) is 0.793. The molecule has 1 aliphatic rings. The molecule has 5 atom stereocenters. The fourth-order valence-electron chi connectivity index (χ4n) is 2.75. The van der Waals surface area contributed by atoms with Crippen molar-refractivity contribution in [2.45, 2.75) is 27.6 Å². The van der Waals surface area contributed by atoms with Crippen LogP contribution in [0.5, 0.6) is 0 Å². The molecule has 9 heteroatoms. The number of halogens is 2. The number of para-hydroxylation sites is 1. The van der Waals surface area contributed by atoms with Crippen LogP contribution in [-0.4, -0.2) is 58.9 Å². The van der Waals surface area contributed by atoms with Crippen LogP contribution in [0.15, 0.2) is 30.5 Å². The van der Waals surface area contributed by atoms with Gasteiger partial charge >= 0.3 is 0 Å². The van der Waals surface area contributed by atoms with Gasteiger partial charge in [0.15, 0.2) is 4.51 Å². The molecule has 2 aromatic rings. The quantitative estimate of drug-likeness (QED) is 0.391. The highest BCUT2D eigenvalue weighted by Gasteiger charge is 2.67. The van der Waals surface area contributed by atoms with Crippen LogP contribution in [0.3, 0.4) is 0 Å². The van der Waals surface area contributed by atoms with Crippen LogP contribution in [0.25, 0.3) is 10.9 Å². The van der Waals surface area contributed by atoms with Crippen molar-refractivity contribution >= 4 is 38.4 Å². The maximum absolute atomic E-state index is 10.9. The van der Waals surface area contributed by atoms with Crippen LogP contribution in [-0.2, 0) is 10.5 Å². The first-order valence-corrected chi connectivity index (χ1v) is 7.91. The molecule has 1 fully saturated rings. The number of aromatic amines is 1. The molecule has 7 nitrogen and oxygen atoms in total. The number of benzene rings is 1. The molecule has 0 spiro atoms. The van der Waals surface area contributed by atoms with Gasteiger partial charge in [0.2, 0.25) is 10.8 Å². The molecule has 1 aliphatic heterocycles. The molecule has 1 aromatic carbocycles. The molecule has 126 valence electrons. The van der Waals surface area contributed by atoms with Gasteiger partial charge in [-0.2, -0.15) is 0 Å². The summed E-state index contributed by atoms with van der Waals surface area (Å²) >= 11 is 8.74. The molecule has 0 aliphatic carbocycles. The SMILES string of the molecule is OC[C@@]1(Br)O[C@](O)(c2c[nH]c3ccccc23)[C@H](O)[C@@H](O)[C@]1(O)Cl. The van der Waals surface area contributed by atoms with Gasteiger partial charge in [-0.1, -0.05) is 29.8 Å². The fourth-order valence-corrected chi connectivity index (χ4v) is 3.45.